The molecule has 0 bridgehead atoms. The van der Waals surface area contributed by atoms with Gasteiger partial charge in [0.05, 0.1) is 6.10 Å². The smallest absolute Gasteiger partial charge is 0.224 e. The molecule has 0 aromatic rings. The zero-order valence-electron chi connectivity index (χ0n) is 7.86. The lowest BCUT2D eigenvalue weighted by molar-refractivity contribution is -0.128. The summed E-state index contributed by atoms with van der Waals surface area (Å²) in [6, 6.07) is 0. The summed E-state index contributed by atoms with van der Waals surface area (Å²) in [4.78, 5) is 13.0. The first kappa shape index (κ1) is 10.1. The molecule has 13 heavy (non-hydrogen) atoms. The van der Waals surface area contributed by atoms with E-state index in [1.807, 2.05) is 6.92 Å². The molecule has 1 amide bonds. The van der Waals surface area contributed by atoms with E-state index in [-0.39, 0.29) is 11.8 Å². The number of carbonyl (C=O) groups excluding carboxylic acids is 1. The number of aliphatic hydroxyl groups excluding tert-OH is 1. The number of carbonyl (C=O) groups is 1. The van der Waals surface area contributed by atoms with Gasteiger partial charge in [0.1, 0.15) is 0 Å². The maximum absolute atomic E-state index is 11.3. The summed E-state index contributed by atoms with van der Waals surface area (Å²) in [6.45, 7) is 2.92. The zero-order chi connectivity index (χ0) is 9.84. The van der Waals surface area contributed by atoms with Crippen molar-refractivity contribution in [3.8, 4) is 12.3 Å². The van der Waals surface area contributed by atoms with E-state index in [0.717, 1.165) is 0 Å². The maximum atomic E-state index is 11.3. The van der Waals surface area contributed by atoms with Crippen LogP contribution in [0.25, 0.3) is 0 Å². The highest BCUT2D eigenvalue weighted by Crippen LogP contribution is 2.17. The average molecular weight is 181 g/mol. The van der Waals surface area contributed by atoms with Gasteiger partial charge in [0, 0.05) is 25.4 Å². The van der Waals surface area contributed by atoms with E-state index < -0.39 is 6.10 Å². The summed E-state index contributed by atoms with van der Waals surface area (Å²) in [5, 5.41) is 9.35. The molecule has 2 unspecified atom stereocenters. The van der Waals surface area contributed by atoms with Crippen molar-refractivity contribution in [2.45, 2.75) is 25.9 Å². The summed E-state index contributed by atoms with van der Waals surface area (Å²) >= 11 is 0. The quantitative estimate of drug-likeness (QED) is 0.633. The van der Waals surface area contributed by atoms with Crippen LogP contribution in [0.1, 0.15) is 19.8 Å². The minimum absolute atomic E-state index is 0.0385. The van der Waals surface area contributed by atoms with Crippen molar-refractivity contribution in [2.75, 3.05) is 13.1 Å². The molecule has 72 valence electrons. The highest BCUT2D eigenvalue weighted by atomic mass is 16.3. The Labute approximate surface area is 78.7 Å². The standard InChI is InChI=1S/C10H15NO2/c1-3-8-5-10(13)11(6-8)7-9(12)4-2/h1,8-9,12H,4-7H2,2H3. The predicted molar refractivity (Wildman–Crippen MR) is 49.8 cm³/mol. The van der Waals surface area contributed by atoms with Crippen molar-refractivity contribution in [3.63, 3.8) is 0 Å². The van der Waals surface area contributed by atoms with Gasteiger partial charge in [-0.25, -0.2) is 0 Å². The zero-order valence-corrected chi connectivity index (χ0v) is 7.86. The van der Waals surface area contributed by atoms with Crippen LogP contribution < -0.4 is 0 Å². The SMILES string of the molecule is C#CC1CC(=O)N(CC(O)CC)C1. The average Bonchev–Trinajstić information content (AvgIpc) is 2.47. The lowest BCUT2D eigenvalue weighted by atomic mass is 10.1. The molecule has 0 saturated carbocycles. The normalized spacial score (nSPS) is 24.5. The molecule has 3 nitrogen and oxygen atoms in total. The van der Waals surface area contributed by atoms with E-state index in [2.05, 4.69) is 5.92 Å². The van der Waals surface area contributed by atoms with Crippen LogP contribution in [-0.4, -0.2) is 35.1 Å². The van der Waals surface area contributed by atoms with Crippen molar-refractivity contribution in [1.29, 1.82) is 0 Å². The van der Waals surface area contributed by atoms with Crippen molar-refractivity contribution in [3.05, 3.63) is 0 Å². The molecule has 3 heteroatoms. The second kappa shape index (κ2) is 4.29. The number of aliphatic hydroxyl groups is 1. The van der Waals surface area contributed by atoms with Gasteiger partial charge in [-0.15, -0.1) is 12.3 Å². The topological polar surface area (TPSA) is 40.5 Å². The van der Waals surface area contributed by atoms with Crippen LogP contribution in [-0.2, 0) is 4.79 Å². The summed E-state index contributed by atoms with van der Waals surface area (Å²) in [6.07, 6.45) is 5.92. The Hall–Kier alpha value is -1.01. The third-order valence-corrected chi connectivity index (χ3v) is 2.35. The molecule has 0 aromatic heterocycles. The van der Waals surface area contributed by atoms with Gasteiger partial charge in [0.15, 0.2) is 0 Å². The number of nitrogens with zero attached hydrogens (tertiary/aromatic N) is 1. The maximum Gasteiger partial charge on any atom is 0.224 e. The Bertz CT molecular complexity index is 232. The fraction of sp³-hybridized carbons (Fsp3) is 0.700. The first-order chi connectivity index (χ1) is 6.17. The second-order valence-electron chi connectivity index (χ2n) is 3.43. The van der Waals surface area contributed by atoms with Gasteiger partial charge in [-0.1, -0.05) is 6.92 Å². The largest absolute Gasteiger partial charge is 0.391 e. The monoisotopic (exact) mass is 181 g/mol. The van der Waals surface area contributed by atoms with E-state index in [4.69, 9.17) is 6.42 Å². The van der Waals surface area contributed by atoms with Crippen LogP contribution in [0.5, 0.6) is 0 Å². The number of amides is 1. The van der Waals surface area contributed by atoms with Crippen LogP contribution in [0.4, 0.5) is 0 Å². The molecule has 1 N–H and O–H groups in total. The van der Waals surface area contributed by atoms with E-state index in [1.165, 1.54) is 0 Å². The Morgan fingerprint density at radius 1 is 1.85 bits per heavy atom. The van der Waals surface area contributed by atoms with Gasteiger partial charge in [-0.05, 0) is 6.42 Å². The van der Waals surface area contributed by atoms with E-state index in [9.17, 15) is 9.90 Å². The van der Waals surface area contributed by atoms with E-state index >= 15 is 0 Å². The molecular formula is C10H15NO2. The minimum Gasteiger partial charge on any atom is -0.391 e. The molecule has 1 aliphatic heterocycles. The highest BCUT2D eigenvalue weighted by Gasteiger charge is 2.28. The Morgan fingerprint density at radius 3 is 3.00 bits per heavy atom. The Morgan fingerprint density at radius 2 is 2.54 bits per heavy atom. The number of hydrogen-bond acceptors (Lipinski definition) is 2. The highest BCUT2D eigenvalue weighted by molar-refractivity contribution is 5.79. The van der Waals surface area contributed by atoms with Crippen LogP contribution in [0, 0.1) is 18.3 Å². The van der Waals surface area contributed by atoms with Gasteiger partial charge in [0.2, 0.25) is 5.91 Å². The van der Waals surface area contributed by atoms with E-state index in [0.29, 0.717) is 25.9 Å². The van der Waals surface area contributed by atoms with Gasteiger partial charge in [-0.3, -0.25) is 4.79 Å². The molecule has 0 aliphatic carbocycles. The molecule has 0 spiro atoms. The third-order valence-electron chi connectivity index (χ3n) is 2.35. The van der Waals surface area contributed by atoms with Crippen molar-refractivity contribution < 1.29 is 9.90 Å². The number of rotatable bonds is 3. The lowest BCUT2D eigenvalue weighted by Crippen LogP contribution is -2.33. The first-order valence-electron chi connectivity index (χ1n) is 4.59. The molecule has 1 fully saturated rings. The van der Waals surface area contributed by atoms with Crippen LogP contribution in [0.15, 0.2) is 0 Å². The number of β-amino-alcohol motifs (C(OH)–C–C–N with tert-alkyl or cyclic N) is 1. The molecule has 1 rings (SSSR count). The molecule has 0 aromatic carbocycles. The van der Waals surface area contributed by atoms with Gasteiger partial charge in [0.25, 0.3) is 0 Å². The molecule has 2 atom stereocenters. The number of hydrogen-bond donors (Lipinski definition) is 1. The fourth-order valence-corrected chi connectivity index (χ4v) is 1.44. The van der Waals surface area contributed by atoms with Crippen molar-refractivity contribution >= 4 is 5.91 Å². The van der Waals surface area contributed by atoms with E-state index in [1.54, 1.807) is 4.90 Å². The van der Waals surface area contributed by atoms with Crippen LogP contribution in [0.3, 0.4) is 0 Å². The lowest BCUT2D eigenvalue weighted by Gasteiger charge is -2.18. The fourth-order valence-electron chi connectivity index (χ4n) is 1.44. The van der Waals surface area contributed by atoms with Crippen LogP contribution in [0.2, 0.25) is 0 Å². The molecule has 0 radical (unpaired) electrons. The van der Waals surface area contributed by atoms with Crippen molar-refractivity contribution in [1.82, 2.24) is 4.90 Å². The second-order valence-corrected chi connectivity index (χ2v) is 3.43. The summed E-state index contributed by atoms with van der Waals surface area (Å²) in [5.74, 6) is 2.68. The van der Waals surface area contributed by atoms with Crippen LogP contribution >= 0.6 is 0 Å². The van der Waals surface area contributed by atoms with Crippen molar-refractivity contribution in [2.24, 2.45) is 5.92 Å². The number of likely N-dealkylation sites (tertiary alicyclic amines) is 1. The van der Waals surface area contributed by atoms with Gasteiger partial charge < -0.3 is 10.0 Å². The molecule has 1 aliphatic rings. The molecule has 1 heterocycles. The summed E-state index contributed by atoms with van der Waals surface area (Å²) in [5.41, 5.74) is 0. The van der Waals surface area contributed by atoms with Gasteiger partial charge in [-0.2, -0.15) is 0 Å². The third kappa shape index (κ3) is 2.46. The van der Waals surface area contributed by atoms with Gasteiger partial charge >= 0.3 is 0 Å². The molecular weight excluding hydrogens is 166 g/mol. The Kier molecular flexibility index (Phi) is 3.32. The minimum atomic E-state index is -0.416. The Balaban J connectivity index is 2.44. The first-order valence-corrected chi connectivity index (χ1v) is 4.59. The molecule has 1 saturated heterocycles. The predicted octanol–water partition coefficient (Wildman–Crippen LogP) is 0.239. The summed E-state index contributed by atoms with van der Waals surface area (Å²) < 4.78 is 0. The summed E-state index contributed by atoms with van der Waals surface area (Å²) in [7, 11) is 0. The number of terminal acetylenes is 1.